The molecule has 198 valence electrons. The zero-order valence-electron chi connectivity index (χ0n) is 20.8. The first kappa shape index (κ1) is 27.2. The zero-order chi connectivity index (χ0) is 27.2. The Morgan fingerprint density at radius 2 is 1.82 bits per heavy atom. The van der Waals surface area contributed by atoms with Gasteiger partial charge < -0.3 is 21.1 Å². The van der Waals surface area contributed by atoms with E-state index in [4.69, 9.17) is 22.1 Å². The SMILES string of the molecule is CC(CN)c1ccc(C(=O)Nc2ccc(F)cc2C(=O)Nc2ccc(Cl)cn2)c(OC2CCC(=O)CC2)c1. The third-order valence-electron chi connectivity index (χ3n) is 6.40. The quantitative estimate of drug-likeness (QED) is 0.356. The second kappa shape index (κ2) is 12.1. The molecule has 10 heteroatoms. The maximum Gasteiger partial charge on any atom is 0.259 e. The van der Waals surface area contributed by atoms with Crippen molar-refractivity contribution >= 4 is 40.7 Å². The minimum Gasteiger partial charge on any atom is -0.490 e. The molecule has 1 saturated carbocycles. The summed E-state index contributed by atoms with van der Waals surface area (Å²) in [5, 5.41) is 5.68. The molecule has 3 aromatic rings. The molecular formula is C28H28ClFN4O4. The summed E-state index contributed by atoms with van der Waals surface area (Å²) in [7, 11) is 0. The lowest BCUT2D eigenvalue weighted by Gasteiger charge is -2.24. The molecule has 38 heavy (non-hydrogen) atoms. The van der Waals surface area contributed by atoms with Crippen molar-refractivity contribution in [2.45, 2.75) is 44.6 Å². The Labute approximate surface area is 224 Å². The average molecular weight is 539 g/mol. The number of halogens is 2. The van der Waals surface area contributed by atoms with E-state index in [1.165, 1.54) is 18.3 Å². The molecule has 4 rings (SSSR count). The molecule has 1 unspecified atom stereocenters. The molecule has 0 saturated heterocycles. The Morgan fingerprint density at radius 3 is 2.50 bits per heavy atom. The zero-order valence-corrected chi connectivity index (χ0v) is 21.6. The molecule has 1 aliphatic rings. The predicted octanol–water partition coefficient (Wildman–Crippen LogP) is 5.33. The number of rotatable bonds is 8. The number of ether oxygens (including phenoxy) is 1. The summed E-state index contributed by atoms with van der Waals surface area (Å²) in [4.78, 5) is 42.0. The van der Waals surface area contributed by atoms with Crippen LogP contribution in [0.15, 0.2) is 54.7 Å². The van der Waals surface area contributed by atoms with E-state index in [0.717, 1.165) is 17.7 Å². The number of nitrogens with two attached hydrogens (primary N) is 1. The van der Waals surface area contributed by atoms with Crippen LogP contribution in [0.3, 0.4) is 0 Å². The van der Waals surface area contributed by atoms with E-state index in [2.05, 4.69) is 15.6 Å². The van der Waals surface area contributed by atoms with Crippen molar-refractivity contribution in [1.82, 2.24) is 4.98 Å². The number of benzene rings is 2. The number of nitrogens with zero attached hydrogens (tertiary/aromatic N) is 1. The van der Waals surface area contributed by atoms with Crippen molar-refractivity contribution in [1.29, 1.82) is 0 Å². The van der Waals surface area contributed by atoms with Gasteiger partial charge in [0.25, 0.3) is 11.8 Å². The van der Waals surface area contributed by atoms with Gasteiger partial charge in [-0.05, 0) is 73.3 Å². The number of carbonyl (C=O) groups excluding carboxylic acids is 3. The predicted molar refractivity (Wildman–Crippen MR) is 143 cm³/mol. The molecule has 1 heterocycles. The lowest BCUT2D eigenvalue weighted by atomic mass is 9.96. The molecule has 2 amide bonds. The first-order valence-electron chi connectivity index (χ1n) is 12.3. The standard InChI is InChI=1S/C28H28ClFN4O4/c1-16(14-31)17-2-9-22(25(12-17)38-21-7-5-20(35)6-8-21)27(36)33-24-10-4-19(30)13-23(24)28(37)34-26-11-3-18(29)15-32-26/h2-4,9-13,15-16,21H,5-8,14,31H2,1H3,(H,33,36)(H,32,34,37). The van der Waals surface area contributed by atoms with Crippen molar-refractivity contribution in [3.8, 4) is 5.75 Å². The highest BCUT2D eigenvalue weighted by Gasteiger charge is 2.24. The van der Waals surface area contributed by atoms with Gasteiger partial charge >= 0.3 is 0 Å². The molecule has 8 nitrogen and oxygen atoms in total. The van der Waals surface area contributed by atoms with E-state index in [9.17, 15) is 18.8 Å². The van der Waals surface area contributed by atoms with Gasteiger partial charge in [-0.2, -0.15) is 0 Å². The van der Waals surface area contributed by atoms with Crippen molar-refractivity contribution < 1.29 is 23.5 Å². The summed E-state index contributed by atoms with van der Waals surface area (Å²) in [5.41, 5.74) is 7.00. The topological polar surface area (TPSA) is 123 Å². The Kier molecular flexibility index (Phi) is 8.70. The van der Waals surface area contributed by atoms with E-state index < -0.39 is 17.6 Å². The van der Waals surface area contributed by atoms with Crippen LogP contribution < -0.4 is 21.1 Å². The van der Waals surface area contributed by atoms with Crippen LogP contribution in [0.2, 0.25) is 5.02 Å². The molecule has 0 aliphatic heterocycles. The van der Waals surface area contributed by atoms with E-state index >= 15 is 0 Å². The first-order valence-corrected chi connectivity index (χ1v) is 12.7. The summed E-state index contributed by atoms with van der Waals surface area (Å²) in [6.07, 6.45) is 3.16. The Morgan fingerprint density at radius 1 is 1.08 bits per heavy atom. The molecule has 0 radical (unpaired) electrons. The number of aromatic nitrogens is 1. The highest BCUT2D eigenvalue weighted by molar-refractivity contribution is 6.30. The van der Waals surface area contributed by atoms with Gasteiger partial charge in [-0.3, -0.25) is 14.4 Å². The number of Topliss-reactive ketones (excluding diaryl/α,β-unsaturated/α-hetero) is 1. The van der Waals surface area contributed by atoms with E-state index in [0.29, 0.717) is 43.0 Å². The smallest absolute Gasteiger partial charge is 0.259 e. The Hall–Kier alpha value is -3.82. The monoisotopic (exact) mass is 538 g/mol. The van der Waals surface area contributed by atoms with Crippen LogP contribution in [0, 0.1) is 5.82 Å². The van der Waals surface area contributed by atoms with Gasteiger partial charge in [0.15, 0.2) is 0 Å². The minimum atomic E-state index is -0.662. The third kappa shape index (κ3) is 6.73. The van der Waals surface area contributed by atoms with Crippen molar-refractivity contribution in [3.05, 3.63) is 82.3 Å². The maximum atomic E-state index is 14.1. The fourth-order valence-electron chi connectivity index (χ4n) is 4.11. The largest absolute Gasteiger partial charge is 0.490 e. The van der Waals surface area contributed by atoms with Crippen LogP contribution in [0.4, 0.5) is 15.9 Å². The second-order valence-electron chi connectivity index (χ2n) is 9.21. The maximum absolute atomic E-state index is 14.1. The van der Waals surface area contributed by atoms with Gasteiger partial charge in [0.1, 0.15) is 23.2 Å². The number of ketones is 1. The van der Waals surface area contributed by atoms with Gasteiger partial charge in [0.2, 0.25) is 0 Å². The fourth-order valence-corrected chi connectivity index (χ4v) is 4.23. The van der Waals surface area contributed by atoms with Crippen LogP contribution in [0.25, 0.3) is 0 Å². The van der Waals surface area contributed by atoms with Gasteiger partial charge in [0, 0.05) is 19.0 Å². The molecule has 4 N–H and O–H groups in total. The molecule has 0 spiro atoms. The molecular weight excluding hydrogens is 511 g/mol. The average Bonchev–Trinajstić information content (AvgIpc) is 2.91. The molecule has 0 bridgehead atoms. The highest BCUT2D eigenvalue weighted by atomic mass is 35.5. The summed E-state index contributed by atoms with van der Waals surface area (Å²) >= 11 is 5.84. The number of anilines is 2. The van der Waals surface area contributed by atoms with Gasteiger partial charge in [-0.15, -0.1) is 0 Å². The summed E-state index contributed by atoms with van der Waals surface area (Å²) in [5.74, 6) is -1.03. The summed E-state index contributed by atoms with van der Waals surface area (Å²) in [6, 6.07) is 11.8. The van der Waals surface area contributed by atoms with Crippen LogP contribution in [-0.2, 0) is 4.79 Å². The molecule has 1 atom stereocenters. The van der Waals surface area contributed by atoms with Crippen molar-refractivity contribution in [2.24, 2.45) is 5.73 Å². The Bertz CT molecular complexity index is 1340. The second-order valence-corrected chi connectivity index (χ2v) is 9.64. The minimum absolute atomic E-state index is 0.0382. The lowest BCUT2D eigenvalue weighted by molar-refractivity contribution is -0.121. The van der Waals surface area contributed by atoms with Crippen molar-refractivity contribution in [3.63, 3.8) is 0 Å². The molecule has 1 aliphatic carbocycles. The fraction of sp³-hybridized carbons (Fsp3) is 0.286. The number of pyridine rings is 1. The number of carbonyl (C=O) groups is 3. The van der Waals surface area contributed by atoms with Crippen LogP contribution >= 0.6 is 11.6 Å². The molecule has 1 aromatic heterocycles. The normalized spacial score (nSPS) is 14.6. The number of nitrogens with one attached hydrogen (secondary N) is 2. The van der Waals surface area contributed by atoms with E-state index in [1.54, 1.807) is 24.3 Å². The van der Waals surface area contributed by atoms with Crippen molar-refractivity contribution in [2.75, 3.05) is 17.2 Å². The Balaban J connectivity index is 1.60. The van der Waals surface area contributed by atoms with Crippen LogP contribution in [0.5, 0.6) is 5.75 Å². The molecule has 1 fully saturated rings. The highest BCUT2D eigenvalue weighted by Crippen LogP contribution is 2.30. The van der Waals surface area contributed by atoms with Gasteiger partial charge in [-0.1, -0.05) is 24.6 Å². The van der Waals surface area contributed by atoms with E-state index in [-0.39, 0.29) is 40.4 Å². The number of amides is 2. The lowest BCUT2D eigenvalue weighted by Crippen LogP contribution is -2.26. The van der Waals surface area contributed by atoms with Gasteiger partial charge in [0.05, 0.1) is 27.9 Å². The van der Waals surface area contributed by atoms with Crippen LogP contribution in [-0.4, -0.2) is 35.2 Å². The van der Waals surface area contributed by atoms with Gasteiger partial charge in [-0.25, -0.2) is 9.37 Å². The first-order chi connectivity index (χ1) is 18.2. The summed E-state index contributed by atoms with van der Waals surface area (Å²) in [6.45, 7) is 2.39. The number of hydrogen-bond donors (Lipinski definition) is 3. The van der Waals surface area contributed by atoms with Crippen LogP contribution in [0.1, 0.15) is 64.8 Å². The van der Waals surface area contributed by atoms with E-state index in [1.807, 2.05) is 6.92 Å². The third-order valence-corrected chi connectivity index (χ3v) is 6.62. The summed E-state index contributed by atoms with van der Waals surface area (Å²) < 4.78 is 20.3. The number of hydrogen-bond acceptors (Lipinski definition) is 6. The molecule has 2 aromatic carbocycles.